The van der Waals surface area contributed by atoms with Crippen molar-refractivity contribution >= 4 is 5.91 Å². The van der Waals surface area contributed by atoms with Crippen molar-refractivity contribution in [2.75, 3.05) is 13.6 Å². The second-order valence-electron chi connectivity index (χ2n) is 5.20. The van der Waals surface area contributed by atoms with Crippen LogP contribution in [0.25, 0.3) is 0 Å². The summed E-state index contributed by atoms with van der Waals surface area (Å²) in [6.07, 6.45) is 1.68. The normalized spacial score (nSPS) is 16.5. The van der Waals surface area contributed by atoms with E-state index in [1.807, 2.05) is 24.3 Å². The summed E-state index contributed by atoms with van der Waals surface area (Å²) in [6, 6.07) is 9.00. The van der Waals surface area contributed by atoms with Crippen molar-refractivity contribution in [2.24, 2.45) is 0 Å². The summed E-state index contributed by atoms with van der Waals surface area (Å²) < 4.78 is 31.2. The van der Waals surface area contributed by atoms with Crippen LogP contribution in [-0.2, 0) is 6.42 Å². The summed E-state index contributed by atoms with van der Waals surface area (Å²) in [5, 5.41) is 3.58. The average Bonchev–Trinajstić information content (AvgIpc) is 3.12. The van der Waals surface area contributed by atoms with E-state index in [1.54, 1.807) is 7.05 Å². The number of halogens is 2. The Hall–Kier alpha value is -2.44. The lowest BCUT2D eigenvalue weighted by Gasteiger charge is -2.20. The van der Waals surface area contributed by atoms with Crippen LogP contribution in [0.2, 0.25) is 0 Å². The number of hydrogen-bond donors (Lipinski definition) is 0. The van der Waals surface area contributed by atoms with Gasteiger partial charge in [0.1, 0.15) is 11.9 Å². The van der Waals surface area contributed by atoms with E-state index in [0.717, 1.165) is 23.9 Å². The van der Waals surface area contributed by atoms with Crippen LogP contribution < -0.4 is 4.74 Å². The number of rotatable bonds is 4. The van der Waals surface area contributed by atoms with E-state index in [9.17, 15) is 13.6 Å². The summed E-state index contributed by atoms with van der Waals surface area (Å²) in [5.41, 5.74) is 1.11. The zero-order valence-electron chi connectivity index (χ0n) is 11.9. The summed E-state index contributed by atoms with van der Waals surface area (Å²) in [6.45, 7) is -2.38. The number of nitrogens with zero attached hydrogens (tertiary/aromatic N) is 3. The third kappa shape index (κ3) is 2.79. The molecule has 116 valence electrons. The van der Waals surface area contributed by atoms with Gasteiger partial charge in [-0.05, 0) is 17.7 Å². The van der Waals surface area contributed by atoms with Crippen LogP contribution in [0.15, 0.2) is 36.5 Å². The number of para-hydroxylation sites is 1. The molecule has 1 atom stereocenters. The van der Waals surface area contributed by atoms with Gasteiger partial charge in [-0.15, -0.1) is 0 Å². The molecule has 0 saturated heterocycles. The number of hydrogen-bond acceptors (Lipinski definition) is 3. The van der Waals surface area contributed by atoms with Gasteiger partial charge >= 0.3 is 6.55 Å². The van der Waals surface area contributed by atoms with Crippen LogP contribution in [0.1, 0.15) is 22.6 Å². The number of amides is 1. The van der Waals surface area contributed by atoms with Gasteiger partial charge in [-0.1, -0.05) is 18.2 Å². The number of fused-ring (bicyclic) bond motifs is 1. The molecule has 1 aromatic carbocycles. The van der Waals surface area contributed by atoms with Gasteiger partial charge in [-0.3, -0.25) is 4.79 Å². The lowest BCUT2D eigenvalue weighted by molar-refractivity contribution is 0.0549. The van der Waals surface area contributed by atoms with Gasteiger partial charge in [0.2, 0.25) is 0 Å². The monoisotopic (exact) mass is 307 g/mol. The molecule has 3 rings (SSSR count). The molecule has 1 aliphatic heterocycles. The van der Waals surface area contributed by atoms with Crippen LogP contribution in [0.5, 0.6) is 5.75 Å². The van der Waals surface area contributed by atoms with Gasteiger partial charge in [0.05, 0.1) is 6.54 Å². The lowest BCUT2D eigenvalue weighted by atomic mass is 10.1. The minimum Gasteiger partial charge on any atom is -0.488 e. The van der Waals surface area contributed by atoms with Crippen molar-refractivity contribution in [3.8, 4) is 5.75 Å². The first-order valence-electron chi connectivity index (χ1n) is 6.88. The maximum atomic E-state index is 12.5. The molecule has 22 heavy (non-hydrogen) atoms. The number of carbonyl (C=O) groups is 1. The molecule has 1 amide bonds. The third-order valence-electron chi connectivity index (χ3n) is 3.57. The highest BCUT2D eigenvalue weighted by molar-refractivity contribution is 5.92. The van der Waals surface area contributed by atoms with Gasteiger partial charge in [-0.25, -0.2) is 4.68 Å². The van der Waals surface area contributed by atoms with E-state index < -0.39 is 12.5 Å². The molecule has 0 N–H and O–H groups in total. The Balaban J connectivity index is 1.62. The molecule has 5 nitrogen and oxygen atoms in total. The van der Waals surface area contributed by atoms with E-state index >= 15 is 0 Å². The van der Waals surface area contributed by atoms with E-state index in [2.05, 4.69) is 5.10 Å². The van der Waals surface area contributed by atoms with Crippen molar-refractivity contribution < 1.29 is 18.3 Å². The summed E-state index contributed by atoms with van der Waals surface area (Å²) in [4.78, 5) is 13.6. The average molecular weight is 307 g/mol. The number of alkyl halides is 2. The first kappa shape index (κ1) is 14.5. The summed E-state index contributed by atoms with van der Waals surface area (Å²) in [5.74, 6) is 0.425. The van der Waals surface area contributed by atoms with Crippen LogP contribution in [0.3, 0.4) is 0 Å². The Labute approximate surface area is 126 Å². The van der Waals surface area contributed by atoms with E-state index in [0.29, 0.717) is 11.2 Å². The van der Waals surface area contributed by atoms with Gasteiger partial charge in [0.15, 0.2) is 5.69 Å². The molecule has 7 heteroatoms. The number of aromatic nitrogens is 2. The van der Waals surface area contributed by atoms with Crippen molar-refractivity contribution in [1.82, 2.24) is 14.7 Å². The molecular weight excluding hydrogens is 292 g/mol. The van der Waals surface area contributed by atoms with Gasteiger partial charge in [0.25, 0.3) is 5.91 Å². The highest BCUT2D eigenvalue weighted by Gasteiger charge is 2.26. The SMILES string of the molecule is CN(CC1Cc2ccccc2O1)C(=O)c1ccn(C(F)F)n1. The number of likely N-dealkylation sites (N-methyl/N-ethyl adjacent to an activating group) is 1. The zero-order chi connectivity index (χ0) is 15.7. The van der Waals surface area contributed by atoms with Crippen LogP contribution in [-0.4, -0.2) is 40.3 Å². The predicted molar refractivity (Wildman–Crippen MR) is 75.0 cm³/mol. The Bertz CT molecular complexity index is 662. The maximum absolute atomic E-state index is 12.5. The fraction of sp³-hybridized carbons (Fsp3) is 0.333. The quantitative estimate of drug-likeness (QED) is 0.871. The van der Waals surface area contributed by atoms with Crippen LogP contribution in [0, 0.1) is 0 Å². The maximum Gasteiger partial charge on any atom is 0.333 e. The molecule has 0 spiro atoms. The Morgan fingerprint density at radius 2 is 2.23 bits per heavy atom. The number of ether oxygens (including phenoxy) is 1. The number of benzene rings is 1. The standard InChI is InChI=1S/C15H15F2N3O2/c1-19(14(21)12-6-7-20(18-12)15(16)17)9-11-8-10-4-2-3-5-13(10)22-11/h2-7,11,15H,8-9H2,1H3. The van der Waals surface area contributed by atoms with Crippen molar-refractivity contribution in [3.63, 3.8) is 0 Å². The minimum atomic E-state index is -2.75. The Morgan fingerprint density at radius 3 is 2.91 bits per heavy atom. The first-order valence-corrected chi connectivity index (χ1v) is 6.88. The summed E-state index contributed by atoms with van der Waals surface area (Å²) >= 11 is 0. The fourth-order valence-corrected chi connectivity index (χ4v) is 2.50. The molecule has 0 fully saturated rings. The highest BCUT2D eigenvalue weighted by atomic mass is 19.3. The second kappa shape index (κ2) is 5.75. The fourth-order valence-electron chi connectivity index (χ4n) is 2.50. The molecule has 1 aliphatic rings. The smallest absolute Gasteiger partial charge is 0.333 e. The zero-order valence-corrected chi connectivity index (χ0v) is 11.9. The van der Waals surface area contributed by atoms with E-state index in [-0.39, 0.29) is 11.8 Å². The number of carbonyl (C=O) groups excluding carboxylic acids is 1. The highest BCUT2D eigenvalue weighted by Crippen LogP contribution is 2.28. The van der Waals surface area contributed by atoms with Gasteiger partial charge in [-0.2, -0.15) is 13.9 Å². The van der Waals surface area contributed by atoms with Crippen molar-refractivity contribution in [3.05, 3.63) is 47.8 Å². The molecule has 1 unspecified atom stereocenters. The minimum absolute atomic E-state index is 0.00156. The third-order valence-corrected chi connectivity index (χ3v) is 3.57. The van der Waals surface area contributed by atoms with Crippen LogP contribution >= 0.6 is 0 Å². The first-order chi connectivity index (χ1) is 10.5. The van der Waals surface area contributed by atoms with Crippen molar-refractivity contribution in [1.29, 1.82) is 0 Å². The molecule has 2 heterocycles. The van der Waals surface area contributed by atoms with Gasteiger partial charge in [0, 0.05) is 19.7 Å². The topological polar surface area (TPSA) is 47.4 Å². The Kier molecular flexibility index (Phi) is 3.79. The molecule has 0 saturated carbocycles. The lowest BCUT2D eigenvalue weighted by Crippen LogP contribution is -2.36. The molecule has 2 aromatic rings. The molecular formula is C15H15F2N3O2. The van der Waals surface area contributed by atoms with E-state index in [4.69, 9.17) is 4.74 Å². The van der Waals surface area contributed by atoms with E-state index in [1.165, 1.54) is 11.0 Å². The largest absolute Gasteiger partial charge is 0.488 e. The molecule has 0 radical (unpaired) electrons. The summed E-state index contributed by atoms with van der Waals surface area (Å²) in [7, 11) is 1.61. The Morgan fingerprint density at radius 1 is 1.45 bits per heavy atom. The molecule has 0 bridgehead atoms. The van der Waals surface area contributed by atoms with Crippen molar-refractivity contribution in [2.45, 2.75) is 19.1 Å². The molecule has 1 aromatic heterocycles. The van der Waals surface area contributed by atoms with Gasteiger partial charge < -0.3 is 9.64 Å². The second-order valence-corrected chi connectivity index (χ2v) is 5.20. The molecule has 0 aliphatic carbocycles. The van der Waals surface area contributed by atoms with Crippen LogP contribution in [0.4, 0.5) is 8.78 Å². The predicted octanol–water partition coefficient (Wildman–Crippen LogP) is 2.35.